The van der Waals surface area contributed by atoms with Crippen LogP contribution in [0.5, 0.6) is 11.5 Å². The number of hydrogen-bond donors (Lipinski definition) is 3. The number of imide groups is 1. The van der Waals surface area contributed by atoms with Gasteiger partial charge in [0.25, 0.3) is 11.8 Å². The van der Waals surface area contributed by atoms with Gasteiger partial charge in [-0.2, -0.15) is 0 Å². The summed E-state index contributed by atoms with van der Waals surface area (Å²) in [7, 11) is 0. The van der Waals surface area contributed by atoms with E-state index >= 15 is 0 Å². The average Bonchev–Trinajstić information content (AvgIpc) is 2.83. The summed E-state index contributed by atoms with van der Waals surface area (Å²) in [5.74, 6) is 3.85. The van der Waals surface area contributed by atoms with Crippen LogP contribution in [0.4, 0.5) is 0 Å². The zero-order chi connectivity index (χ0) is 27.1. The lowest BCUT2D eigenvalue weighted by molar-refractivity contribution is 0.0612. The topological polar surface area (TPSA) is 104 Å². The minimum Gasteiger partial charge on any atom is -0.507 e. The number of carbonyl (C=O) groups excluding carboxylic acids is 2. The summed E-state index contributed by atoms with van der Waals surface area (Å²) in [5, 5.41) is 21.3. The van der Waals surface area contributed by atoms with Gasteiger partial charge in [0, 0.05) is 0 Å². The van der Waals surface area contributed by atoms with Crippen LogP contribution in [-0.2, 0) is 10.8 Å². The van der Waals surface area contributed by atoms with Gasteiger partial charge in [-0.1, -0.05) is 92.2 Å². The number of amides is 2. The summed E-state index contributed by atoms with van der Waals surface area (Å²) in [5.41, 5.74) is 1.28. The van der Waals surface area contributed by atoms with Crippen molar-refractivity contribution in [2.75, 3.05) is 0 Å². The van der Waals surface area contributed by atoms with Gasteiger partial charge in [-0.3, -0.25) is 9.59 Å². The van der Waals surface area contributed by atoms with E-state index in [-0.39, 0.29) is 33.5 Å². The summed E-state index contributed by atoms with van der Waals surface area (Å²) < 4.78 is 0. The van der Waals surface area contributed by atoms with E-state index in [0.717, 1.165) is 62.5 Å². The molecule has 0 aliphatic carbocycles. The second kappa shape index (κ2) is 12.4. The third-order valence-electron chi connectivity index (χ3n) is 7.27. The standard InChI is InChI=1S/C30H44N2O4/c1-7-9-11-17-29(3,4)21-13-15-25(33)23(19-21)27(35)32(31)28(36)24-20-22(14-16-26(24)34)30(5,6)18-12-10-8-2/h13-16,19-20,33-34H,7-12,17-18,31H2,1-6H3. The Labute approximate surface area is 216 Å². The van der Waals surface area contributed by atoms with Crippen LogP contribution in [0.2, 0.25) is 0 Å². The van der Waals surface area contributed by atoms with Crippen molar-refractivity contribution < 1.29 is 19.8 Å². The molecule has 0 saturated heterocycles. The van der Waals surface area contributed by atoms with E-state index in [1.807, 2.05) is 0 Å². The average molecular weight is 497 g/mol. The first-order valence-electron chi connectivity index (χ1n) is 13.2. The number of phenols is 2. The highest BCUT2D eigenvalue weighted by atomic mass is 16.3. The van der Waals surface area contributed by atoms with E-state index in [0.29, 0.717) is 5.01 Å². The Morgan fingerprint density at radius 3 is 1.42 bits per heavy atom. The molecule has 0 unspecified atom stereocenters. The number of hydrazine groups is 1. The van der Waals surface area contributed by atoms with Crippen molar-refractivity contribution in [3.05, 3.63) is 58.7 Å². The summed E-state index contributed by atoms with van der Waals surface area (Å²) in [4.78, 5) is 26.5. The van der Waals surface area contributed by atoms with Gasteiger partial charge >= 0.3 is 0 Å². The Morgan fingerprint density at radius 2 is 1.08 bits per heavy atom. The van der Waals surface area contributed by atoms with Gasteiger partial charge in [0.1, 0.15) is 11.5 Å². The number of rotatable bonds is 12. The molecule has 0 aliphatic heterocycles. The molecule has 4 N–H and O–H groups in total. The Balaban J connectivity index is 2.32. The van der Waals surface area contributed by atoms with Crippen molar-refractivity contribution in [1.82, 2.24) is 5.01 Å². The number of benzene rings is 2. The Kier molecular flexibility index (Phi) is 10.1. The number of nitrogens with zero attached hydrogens (tertiary/aromatic N) is 1. The second-order valence-electron chi connectivity index (χ2n) is 11.1. The molecular weight excluding hydrogens is 452 g/mol. The molecule has 198 valence electrons. The van der Waals surface area contributed by atoms with Crippen LogP contribution in [0.1, 0.15) is 125 Å². The van der Waals surface area contributed by atoms with Crippen LogP contribution in [0.25, 0.3) is 0 Å². The number of hydrogen-bond acceptors (Lipinski definition) is 5. The van der Waals surface area contributed by atoms with Gasteiger partial charge in [-0.15, -0.1) is 0 Å². The minimum absolute atomic E-state index is 0.0394. The van der Waals surface area contributed by atoms with E-state index in [9.17, 15) is 19.8 Å². The molecule has 36 heavy (non-hydrogen) atoms. The van der Waals surface area contributed by atoms with Crippen molar-refractivity contribution >= 4 is 11.8 Å². The molecule has 6 heteroatoms. The third-order valence-corrected chi connectivity index (χ3v) is 7.27. The quantitative estimate of drug-likeness (QED) is 0.0967. The lowest BCUT2D eigenvalue weighted by Crippen LogP contribution is -2.43. The maximum Gasteiger partial charge on any atom is 0.278 e. The fraction of sp³-hybridized carbons (Fsp3) is 0.533. The molecule has 2 rings (SSSR count). The molecule has 0 heterocycles. The Bertz CT molecular complexity index is 975. The van der Waals surface area contributed by atoms with Crippen LogP contribution in [0.3, 0.4) is 0 Å². The molecule has 0 bridgehead atoms. The van der Waals surface area contributed by atoms with Crippen molar-refractivity contribution in [1.29, 1.82) is 0 Å². The predicted molar refractivity (Wildman–Crippen MR) is 145 cm³/mol. The first-order chi connectivity index (χ1) is 16.9. The minimum atomic E-state index is -0.823. The lowest BCUT2D eigenvalue weighted by atomic mass is 9.79. The van der Waals surface area contributed by atoms with E-state index in [1.165, 1.54) is 12.1 Å². The van der Waals surface area contributed by atoms with Gasteiger partial charge in [-0.05, 0) is 59.1 Å². The zero-order valence-corrected chi connectivity index (χ0v) is 22.9. The molecule has 0 aromatic heterocycles. The van der Waals surface area contributed by atoms with Crippen LogP contribution < -0.4 is 5.84 Å². The molecule has 0 aliphatic rings. The van der Waals surface area contributed by atoms with E-state index in [1.54, 1.807) is 24.3 Å². The summed E-state index contributed by atoms with van der Waals surface area (Å²) in [6, 6.07) is 9.78. The highest BCUT2D eigenvalue weighted by molar-refractivity contribution is 6.11. The number of aromatic hydroxyl groups is 2. The van der Waals surface area contributed by atoms with Crippen molar-refractivity contribution in [2.24, 2.45) is 5.84 Å². The molecule has 0 fully saturated rings. The van der Waals surface area contributed by atoms with Gasteiger partial charge in [-0.25, -0.2) is 10.9 Å². The van der Waals surface area contributed by atoms with E-state index in [4.69, 9.17) is 5.84 Å². The fourth-order valence-electron chi connectivity index (χ4n) is 4.53. The van der Waals surface area contributed by atoms with Gasteiger partial charge < -0.3 is 10.2 Å². The van der Waals surface area contributed by atoms with Gasteiger partial charge in [0.15, 0.2) is 0 Å². The molecule has 0 saturated carbocycles. The number of nitrogens with two attached hydrogens (primary N) is 1. The molecule has 2 aromatic rings. The second-order valence-corrected chi connectivity index (χ2v) is 11.1. The Hall–Kier alpha value is -2.86. The Morgan fingerprint density at radius 1 is 0.722 bits per heavy atom. The van der Waals surface area contributed by atoms with Crippen molar-refractivity contribution in [3.63, 3.8) is 0 Å². The van der Waals surface area contributed by atoms with Crippen LogP contribution >= 0.6 is 0 Å². The zero-order valence-electron chi connectivity index (χ0n) is 22.9. The first-order valence-corrected chi connectivity index (χ1v) is 13.2. The smallest absolute Gasteiger partial charge is 0.278 e. The number of carbonyl (C=O) groups is 2. The number of phenolic OH excluding ortho intramolecular Hbond substituents is 2. The number of unbranched alkanes of at least 4 members (excludes halogenated alkanes) is 4. The van der Waals surface area contributed by atoms with Crippen LogP contribution in [-0.4, -0.2) is 27.0 Å². The maximum absolute atomic E-state index is 13.2. The SMILES string of the molecule is CCCCCC(C)(C)c1ccc(O)c(C(=O)N(N)C(=O)c2cc(C(C)(C)CCCCC)ccc2O)c1. The molecule has 2 amide bonds. The molecule has 0 radical (unpaired) electrons. The largest absolute Gasteiger partial charge is 0.507 e. The van der Waals surface area contributed by atoms with Crippen molar-refractivity contribution in [3.8, 4) is 11.5 Å². The van der Waals surface area contributed by atoms with E-state index < -0.39 is 11.8 Å². The highest BCUT2D eigenvalue weighted by Gasteiger charge is 2.29. The molecular formula is C30H44N2O4. The molecule has 6 nitrogen and oxygen atoms in total. The van der Waals surface area contributed by atoms with Crippen LogP contribution in [0.15, 0.2) is 36.4 Å². The van der Waals surface area contributed by atoms with E-state index in [2.05, 4.69) is 41.5 Å². The van der Waals surface area contributed by atoms with Gasteiger partial charge in [0.05, 0.1) is 11.1 Å². The molecule has 2 aromatic carbocycles. The van der Waals surface area contributed by atoms with Crippen molar-refractivity contribution in [2.45, 2.75) is 104 Å². The van der Waals surface area contributed by atoms with Crippen LogP contribution in [0, 0.1) is 0 Å². The molecule has 0 spiro atoms. The fourth-order valence-corrected chi connectivity index (χ4v) is 4.53. The summed E-state index contributed by atoms with van der Waals surface area (Å²) >= 11 is 0. The molecule has 0 atom stereocenters. The maximum atomic E-state index is 13.2. The third kappa shape index (κ3) is 7.10. The highest BCUT2D eigenvalue weighted by Crippen LogP contribution is 2.34. The summed E-state index contributed by atoms with van der Waals surface area (Å²) in [6.07, 6.45) is 8.44. The van der Waals surface area contributed by atoms with Gasteiger partial charge in [0.2, 0.25) is 0 Å². The normalized spacial score (nSPS) is 12.0. The monoisotopic (exact) mass is 496 g/mol. The lowest BCUT2D eigenvalue weighted by Gasteiger charge is -2.27. The predicted octanol–water partition coefficient (Wildman–Crippen LogP) is 6.97. The summed E-state index contributed by atoms with van der Waals surface area (Å²) in [6.45, 7) is 12.7. The first kappa shape index (κ1) is 29.4.